The molecule has 2 saturated heterocycles. The van der Waals surface area contributed by atoms with Crippen molar-refractivity contribution in [2.24, 2.45) is 0 Å². The SMILES string of the molecule is CCc1cccc(C)c1NC(=O)N1CCN(c2ccc(N3CCCC3)cc2)CC1. The third-order valence-electron chi connectivity index (χ3n) is 6.22. The second-order valence-corrected chi connectivity index (χ2v) is 8.08. The molecule has 29 heavy (non-hydrogen) atoms. The van der Waals surface area contributed by atoms with E-state index in [0.717, 1.165) is 43.9 Å². The van der Waals surface area contributed by atoms with Crippen LogP contribution in [0.1, 0.15) is 30.9 Å². The summed E-state index contributed by atoms with van der Waals surface area (Å²) in [7, 11) is 0. The number of aryl methyl sites for hydroxylation is 2. The minimum absolute atomic E-state index is 0.0121. The third kappa shape index (κ3) is 4.34. The first-order valence-corrected chi connectivity index (χ1v) is 10.9. The van der Waals surface area contributed by atoms with Crippen LogP contribution in [0.4, 0.5) is 21.9 Å². The Labute approximate surface area is 174 Å². The highest BCUT2D eigenvalue weighted by Crippen LogP contribution is 2.25. The summed E-state index contributed by atoms with van der Waals surface area (Å²) in [6.45, 7) is 9.74. The van der Waals surface area contributed by atoms with Crippen LogP contribution in [0.25, 0.3) is 0 Å². The zero-order valence-corrected chi connectivity index (χ0v) is 17.7. The molecule has 0 bridgehead atoms. The van der Waals surface area contributed by atoms with Crippen LogP contribution in [0.3, 0.4) is 0 Å². The van der Waals surface area contributed by atoms with E-state index < -0.39 is 0 Å². The Morgan fingerprint density at radius 2 is 1.45 bits per heavy atom. The predicted octanol–water partition coefficient (Wildman–Crippen LogP) is 4.51. The monoisotopic (exact) mass is 392 g/mol. The lowest BCUT2D eigenvalue weighted by atomic mass is 10.1. The average Bonchev–Trinajstić information content (AvgIpc) is 3.30. The quantitative estimate of drug-likeness (QED) is 0.832. The van der Waals surface area contributed by atoms with E-state index in [9.17, 15) is 4.79 Å². The normalized spacial score (nSPS) is 17.0. The Kier molecular flexibility index (Phi) is 5.93. The minimum Gasteiger partial charge on any atom is -0.372 e. The fourth-order valence-electron chi connectivity index (χ4n) is 4.41. The second-order valence-electron chi connectivity index (χ2n) is 8.08. The smallest absolute Gasteiger partial charge is 0.321 e. The maximum absolute atomic E-state index is 12.8. The van der Waals surface area contributed by atoms with E-state index in [1.165, 1.54) is 42.9 Å². The van der Waals surface area contributed by atoms with Gasteiger partial charge in [-0.25, -0.2) is 4.79 Å². The Morgan fingerprint density at radius 3 is 2.03 bits per heavy atom. The van der Waals surface area contributed by atoms with Crippen LogP contribution in [0.2, 0.25) is 0 Å². The molecule has 5 nitrogen and oxygen atoms in total. The van der Waals surface area contributed by atoms with Crippen molar-refractivity contribution in [3.63, 3.8) is 0 Å². The average molecular weight is 393 g/mol. The highest BCUT2D eigenvalue weighted by atomic mass is 16.2. The van der Waals surface area contributed by atoms with E-state index in [2.05, 4.69) is 71.4 Å². The number of carbonyl (C=O) groups excluding carboxylic acids is 1. The van der Waals surface area contributed by atoms with E-state index in [1.807, 2.05) is 4.90 Å². The molecular weight excluding hydrogens is 360 g/mol. The van der Waals surface area contributed by atoms with E-state index in [0.29, 0.717) is 0 Å². The van der Waals surface area contributed by atoms with Crippen molar-refractivity contribution in [1.29, 1.82) is 0 Å². The van der Waals surface area contributed by atoms with Crippen molar-refractivity contribution in [3.8, 4) is 0 Å². The molecule has 0 unspecified atom stereocenters. The van der Waals surface area contributed by atoms with Gasteiger partial charge >= 0.3 is 6.03 Å². The zero-order valence-electron chi connectivity index (χ0n) is 17.7. The molecular formula is C24H32N4O. The van der Waals surface area contributed by atoms with Gasteiger partial charge in [0.2, 0.25) is 0 Å². The lowest BCUT2D eigenvalue weighted by molar-refractivity contribution is 0.208. The highest BCUT2D eigenvalue weighted by Gasteiger charge is 2.22. The molecule has 2 fully saturated rings. The largest absolute Gasteiger partial charge is 0.372 e. The number of nitrogens with zero attached hydrogens (tertiary/aromatic N) is 3. The number of rotatable bonds is 4. The van der Waals surface area contributed by atoms with Crippen molar-refractivity contribution in [3.05, 3.63) is 53.6 Å². The van der Waals surface area contributed by atoms with Gasteiger partial charge in [-0.3, -0.25) is 0 Å². The van der Waals surface area contributed by atoms with Crippen LogP contribution in [0.5, 0.6) is 0 Å². The van der Waals surface area contributed by atoms with Crippen molar-refractivity contribution >= 4 is 23.1 Å². The van der Waals surface area contributed by atoms with Gasteiger partial charge in [0.05, 0.1) is 0 Å². The first-order chi connectivity index (χ1) is 14.2. The van der Waals surface area contributed by atoms with Gasteiger partial charge in [-0.05, 0) is 61.6 Å². The van der Waals surface area contributed by atoms with Crippen molar-refractivity contribution < 1.29 is 4.79 Å². The molecule has 2 amide bonds. The number of piperazine rings is 1. The molecule has 0 atom stereocenters. The van der Waals surface area contributed by atoms with Crippen LogP contribution in [0.15, 0.2) is 42.5 Å². The molecule has 0 aromatic heterocycles. The maximum Gasteiger partial charge on any atom is 0.321 e. The number of hydrogen-bond donors (Lipinski definition) is 1. The summed E-state index contributed by atoms with van der Waals surface area (Å²) in [4.78, 5) is 19.6. The van der Waals surface area contributed by atoms with Crippen molar-refractivity contribution in [2.75, 3.05) is 54.4 Å². The summed E-state index contributed by atoms with van der Waals surface area (Å²) in [6, 6.07) is 15.1. The van der Waals surface area contributed by atoms with Crippen LogP contribution < -0.4 is 15.1 Å². The number of carbonyl (C=O) groups is 1. The Morgan fingerprint density at radius 1 is 0.862 bits per heavy atom. The van der Waals surface area contributed by atoms with E-state index in [-0.39, 0.29) is 6.03 Å². The highest BCUT2D eigenvalue weighted by molar-refractivity contribution is 5.91. The maximum atomic E-state index is 12.8. The van der Waals surface area contributed by atoms with E-state index in [4.69, 9.17) is 0 Å². The molecule has 2 aromatic rings. The number of para-hydroxylation sites is 1. The van der Waals surface area contributed by atoms with Crippen LogP contribution in [0, 0.1) is 6.92 Å². The van der Waals surface area contributed by atoms with E-state index in [1.54, 1.807) is 0 Å². The van der Waals surface area contributed by atoms with Crippen molar-refractivity contribution in [2.45, 2.75) is 33.1 Å². The number of hydrogen-bond acceptors (Lipinski definition) is 3. The number of benzene rings is 2. The molecule has 2 heterocycles. The topological polar surface area (TPSA) is 38.8 Å². The zero-order chi connectivity index (χ0) is 20.2. The molecule has 2 aliphatic heterocycles. The molecule has 4 rings (SSSR count). The Hall–Kier alpha value is -2.69. The van der Waals surface area contributed by atoms with Gasteiger partial charge in [-0.15, -0.1) is 0 Å². The second kappa shape index (κ2) is 8.76. The van der Waals surface area contributed by atoms with Crippen LogP contribution >= 0.6 is 0 Å². The fourth-order valence-corrected chi connectivity index (χ4v) is 4.41. The molecule has 1 N–H and O–H groups in total. The molecule has 2 aromatic carbocycles. The summed E-state index contributed by atoms with van der Waals surface area (Å²) < 4.78 is 0. The van der Waals surface area contributed by atoms with Gasteiger partial charge in [0.15, 0.2) is 0 Å². The Balaban J connectivity index is 1.34. The van der Waals surface area contributed by atoms with Gasteiger partial charge in [0.25, 0.3) is 0 Å². The Bertz CT molecular complexity index is 834. The van der Waals surface area contributed by atoms with Gasteiger partial charge in [0.1, 0.15) is 0 Å². The summed E-state index contributed by atoms with van der Waals surface area (Å²) in [6.07, 6.45) is 3.51. The van der Waals surface area contributed by atoms with Gasteiger partial charge in [-0.1, -0.05) is 25.1 Å². The summed E-state index contributed by atoms with van der Waals surface area (Å²) in [5.41, 5.74) is 5.86. The lowest BCUT2D eigenvalue weighted by Crippen LogP contribution is -2.50. The van der Waals surface area contributed by atoms with Gasteiger partial charge < -0.3 is 20.0 Å². The van der Waals surface area contributed by atoms with Crippen LogP contribution in [-0.2, 0) is 6.42 Å². The molecule has 5 heteroatoms. The predicted molar refractivity (Wildman–Crippen MR) is 121 cm³/mol. The number of amides is 2. The van der Waals surface area contributed by atoms with Gasteiger partial charge in [0, 0.05) is 56.3 Å². The molecule has 154 valence electrons. The lowest BCUT2D eigenvalue weighted by Gasteiger charge is -2.36. The summed E-state index contributed by atoms with van der Waals surface area (Å²) >= 11 is 0. The number of nitrogens with one attached hydrogen (secondary N) is 1. The summed E-state index contributed by atoms with van der Waals surface area (Å²) in [5.74, 6) is 0. The standard InChI is InChI=1S/C24H32N4O/c1-3-20-8-6-7-19(2)23(20)25-24(29)28-17-15-27(16-18-28)22-11-9-21(10-12-22)26-13-4-5-14-26/h6-12H,3-5,13-18H2,1-2H3,(H,25,29). The fraction of sp³-hybridized carbons (Fsp3) is 0.458. The third-order valence-corrected chi connectivity index (χ3v) is 6.22. The first-order valence-electron chi connectivity index (χ1n) is 10.9. The van der Waals surface area contributed by atoms with Crippen molar-refractivity contribution in [1.82, 2.24) is 4.90 Å². The summed E-state index contributed by atoms with van der Waals surface area (Å²) in [5, 5.41) is 3.16. The molecule has 2 aliphatic rings. The first kappa shape index (κ1) is 19.6. The van der Waals surface area contributed by atoms with Gasteiger partial charge in [-0.2, -0.15) is 0 Å². The minimum atomic E-state index is 0.0121. The number of urea groups is 1. The molecule has 0 radical (unpaired) electrons. The van der Waals surface area contributed by atoms with Crippen LogP contribution in [-0.4, -0.2) is 50.2 Å². The molecule has 0 saturated carbocycles. The van der Waals surface area contributed by atoms with E-state index >= 15 is 0 Å². The number of anilines is 3. The molecule has 0 spiro atoms. The molecule has 0 aliphatic carbocycles.